The number of carbonyl (C=O) groups excluding carboxylic acids is 1. The molecule has 0 aliphatic carbocycles. The van der Waals surface area contributed by atoms with Gasteiger partial charge in [0, 0.05) is 11.4 Å². The number of unbranched alkanes of at least 4 members (excludes halogenated alkanes) is 1. The van der Waals surface area contributed by atoms with Gasteiger partial charge in [-0.2, -0.15) is 4.98 Å². The summed E-state index contributed by atoms with van der Waals surface area (Å²) in [7, 11) is 1.63. The van der Waals surface area contributed by atoms with Crippen LogP contribution in [-0.4, -0.2) is 40.2 Å². The summed E-state index contributed by atoms with van der Waals surface area (Å²) in [5.41, 5.74) is 2.18. The molecule has 0 saturated heterocycles. The number of hydrogen-bond donors (Lipinski definition) is 1. The summed E-state index contributed by atoms with van der Waals surface area (Å²) >= 11 is 1.63. The number of fused-ring (bicyclic) bond motifs is 1. The van der Waals surface area contributed by atoms with Crippen LogP contribution in [0.15, 0.2) is 40.7 Å². The Kier molecular flexibility index (Phi) is 6.61. The van der Waals surface area contributed by atoms with Crippen LogP contribution in [-0.2, 0) is 9.53 Å². The second-order valence-corrected chi connectivity index (χ2v) is 7.49. The lowest BCUT2D eigenvalue weighted by Crippen LogP contribution is -2.29. The lowest BCUT2D eigenvalue weighted by molar-refractivity contribution is -0.139. The molecule has 7 nitrogen and oxygen atoms in total. The number of benzene rings is 1. The van der Waals surface area contributed by atoms with E-state index in [0.29, 0.717) is 23.3 Å². The third-order valence-electron chi connectivity index (χ3n) is 4.49. The average molecular weight is 403 g/mol. The summed E-state index contributed by atoms with van der Waals surface area (Å²) < 4.78 is 12.4. The second kappa shape index (κ2) is 9.14. The minimum absolute atomic E-state index is 0.313. The Hall–Kier alpha value is -2.48. The molecule has 0 bridgehead atoms. The van der Waals surface area contributed by atoms with E-state index in [1.165, 1.54) is 0 Å². The van der Waals surface area contributed by atoms with Crippen LogP contribution < -0.4 is 10.1 Å². The van der Waals surface area contributed by atoms with Gasteiger partial charge in [-0.05, 0) is 38.0 Å². The van der Waals surface area contributed by atoms with E-state index >= 15 is 0 Å². The van der Waals surface area contributed by atoms with Gasteiger partial charge in [0.25, 0.3) is 0 Å². The number of thioether (sulfide) groups is 1. The molecular weight excluding hydrogens is 376 g/mol. The molecule has 8 heteroatoms. The number of methoxy groups -OCH3 is 1. The largest absolute Gasteiger partial charge is 0.497 e. The van der Waals surface area contributed by atoms with E-state index in [2.05, 4.69) is 22.3 Å². The highest BCUT2D eigenvalue weighted by atomic mass is 32.2. The van der Waals surface area contributed by atoms with Gasteiger partial charge in [-0.3, -0.25) is 0 Å². The Labute approximate surface area is 169 Å². The van der Waals surface area contributed by atoms with Crippen molar-refractivity contribution in [3.63, 3.8) is 0 Å². The highest BCUT2D eigenvalue weighted by Gasteiger charge is 2.35. The highest BCUT2D eigenvalue weighted by Crippen LogP contribution is 2.37. The number of rotatable bonds is 8. The van der Waals surface area contributed by atoms with Crippen LogP contribution in [0.5, 0.6) is 5.75 Å². The first-order chi connectivity index (χ1) is 13.6. The van der Waals surface area contributed by atoms with Gasteiger partial charge in [-0.15, -0.1) is 5.10 Å². The summed E-state index contributed by atoms with van der Waals surface area (Å²) in [4.78, 5) is 17.3. The van der Waals surface area contributed by atoms with Crippen molar-refractivity contribution in [3.05, 3.63) is 41.1 Å². The van der Waals surface area contributed by atoms with Crippen molar-refractivity contribution in [3.8, 4) is 5.75 Å². The number of hydrogen-bond acceptors (Lipinski definition) is 7. The first-order valence-electron chi connectivity index (χ1n) is 9.47. The van der Waals surface area contributed by atoms with E-state index in [0.717, 1.165) is 35.6 Å². The van der Waals surface area contributed by atoms with Gasteiger partial charge in [0.2, 0.25) is 11.1 Å². The van der Waals surface area contributed by atoms with E-state index < -0.39 is 6.04 Å². The molecule has 3 rings (SSSR count). The molecule has 1 aliphatic heterocycles. The first kappa shape index (κ1) is 20.3. The summed E-state index contributed by atoms with van der Waals surface area (Å²) in [6.07, 6.45) is 2.23. The maximum absolute atomic E-state index is 12.7. The van der Waals surface area contributed by atoms with Crippen LogP contribution in [0.2, 0.25) is 0 Å². The number of aromatic nitrogens is 3. The number of anilines is 1. The van der Waals surface area contributed by atoms with E-state index in [1.54, 1.807) is 30.5 Å². The lowest BCUT2D eigenvalue weighted by Gasteiger charge is -2.28. The molecule has 0 fully saturated rings. The van der Waals surface area contributed by atoms with Crippen LogP contribution in [0.1, 0.15) is 45.2 Å². The van der Waals surface area contributed by atoms with Crippen molar-refractivity contribution in [2.75, 3.05) is 24.8 Å². The number of allylic oxidation sites excluding steroid dienone is 1. The zero-order valence-electron chi connectivity index (χ0n) is 16.7. The van der Waals surface area contributed by atoms with Crippen LogP contribution in [0, 0.1) is 0 Å². The number of ether oxygens (including phenoxy) is 2. The van der Waals surface area contributed by atoms with Gasteiger partial charge < -0.3 is 14.8 Å². The molecule has 28 heavy (non-hydrogen) atoms. The second-order valence-electron chi connectivity index (χ2n) is 6.42. The van der Waals surface area contributed by atoms with Crippen molar-refractivity contribution < 1.29 is 14.3 Å². The van der Waals surface area contributed by atoms with Crippen LogP contribution in [0.4, 0.5) is 5.95 Å². The van der Waals surface area contributed by atoms with Gasteiger partial charge >= 0.3 is 5.97 Å². The number of carbonyl (C=O) groups is 1. The molecule has 0 spiro atoms. The standard InChI is InChI=1S/C20H26N4O3S/c1-5-7-12-28-20-22-19-21-13(3)16(18(25)27-6-2)17(24(19)23-20)14-8-10-15(26-4)11-9-14/h8-11,17H,5-7,12H2,1-4H3,(H,21,22,23)/t17-/m1/s1. The molecule has 1 aromatic heterocycles. The predicted octanol–water partition coefficient (Wildman–Crippen LogP) is 4.03. The van der Waals surface area contributed by atoms with E-state index in [9.17, 15) is 4.79 Å². The minimum atomic E-state index is -0.408. The van der Waals surface area contributed by atoms with Gasteiger partial charge in [-0.1, -0.05) is 37.2 Å². The van der Waals surface area contributed by atoms with Crippen molar-refractivity contribution in [2.24, 2.45) is 0 Å². The fraction of sp³-hybridized carbons (Fsp3) is 0.450. The predicted molar refractivity (Wildman–Crippen MR) is 110 cm³/mol. The average Bonchev–Trinajstić information content (AvgIpc) is 3.09. The fourth-order valence-corrected chi connectivity index (χ4v) is 3.98. The molecule has 1 N–H and O–H groups in total. The normalized spacial score (nSPS) is 15.8. The molecule has 2 heterocycles. The zero-order chi connectivity index (χ0) is 20.1. The summed E-state index contributed by atoms with van der Waals surface area (Å²) in [5, 5.41) is 8.60. The van der Waals surface area contributed by atoms with E-state index in [1.807, 2.05) is 31.2 Å². The molecule has 1 atom stereocenters. The minimum Gasteiger partial charge on any atom is -0.497 e. The Morgan fingerprint density at radius 1 is 1.29 bits per heavy atom. The number of nitrogens with one attached hydrogen (secondary N) is 1. The number of esters is 1. The van der Waals surface area contributed by atoms with Crippen molar-refractivity contribution in [1.29, 1.82) is 0 Å². The summed E-state index contributed by atoms with van der Waals surface area (Å²) in [5.74, 6) is 2.00. The topological polar surface area (TPSA) is 78.3 Å². The maximum Gasteiger partial charge on any atom is 0.338 e. The molecule has 150 valence electrons. The third-order valence-corrected chi connectivity index (χ3v) is 5.41. The smallest absolute Gasteiger partial charge is 0.338 e. The fourth-order valence-electron chi connectivity index (χ4n) is 3.07. The zero-order valence-corrected chi connectivity index (χ0v) is 17.5. The van der Waals surface area contributed by atoms with Gasteiger partial charge in [-0.25, -0.2) is 9.48 Å². The monoisotopic (exact) mass is 402 g/mol. The summed E-state index contributed by atoms with van der Waals surface area (Å²) in [6, 6.07) is 7.23. The Morgan fingerprint density at radius 3 is 2.68 bits per heavy atom. The molecule has 0 radical (unpaired) electrons. The first-order valence-corrected chi connectivity index (χ1v) is 10.5. The molecule has 0 unspecified atom stereocenters. The van der Waals surface area contributed by atoms with Crippen molar-refractivity contribution in [1.82, 2.24) is 14.8 Å². The SMILES string of the molecule is CCCCSc1nc2n(n1)[C@H](c1ccc(OC)cc1)C(C(=O)OCC)=C(C)N2. The molecular formula is C20H26N4O3S. The molecule has 1 aliphatic rings. The van der Waals surface area contributed by atoms with Gasteiger partial charge in [0.15, 0.2) is 0 Å². The molecule has 2 aromatic rings. The van der Waals surface area contributed by atoms with Crippen LogP contribution >= 0.6 is 11.8 Å². The summed E-state index contributed by atoms with van der Waals surface area (Å²) in [6.45, 7) is 6.14. The molecule has 1 aromatic carbocycles. The van der Waals surface area contributed by atoms with Crippen LogP contribution in [0.25, 0.3) is 0 Å². The Bertz CT molecular complexity index is 861. The maximum atomic E-state index is 12.7. The molecule has 0 saturated carbocycles. The quantitative estimate of drug-likeness (QED) is 0.406. The lowest BCUT2D eigenvalue weighted by atomic mass is 9.96. The Balaban J connectivity index is 2.02. The van der Waals surface area contributed by atoms with Gasteiger partial charge in [0.05, 0.1) is 19.3 Å². The number of nitrogens with zero attached hydrogens (tertiary/aromatic N) is 3. The molecule has 0 amide bonds. The highest BCUT2D eigenvalue weighted by molar-refractivity contribution is 7.99. The van der Waals surface area contributed by atoms with E-state index in [4.69, 9.17) is 9.47 Å². The van der Waals surface area contributed by atoms with E-state index in [-0.39, 0.29) is 5.97 Å². The van der Waals surface area contributed by atoms with Crippen molar-refractivity contribution >= 4 is 23.7 Å². The Morgan fingerprint density at radius 2 is 2.04 bits per heavy atom. The van der Waals surface area contributed by atoms with Crippen LogP contribution in [0.3, 0.4) is 0 Å². The van der Waals surface area contributed by atoms with Gasteiger partial charge in [0.1, 0.15) is 11.8 Å². The third kappa shape index (κ3) is 4.16. The van der Waals surface area contributed by atoms with Crippen molar-refractivity contribution in [2.45, 2.75) is 44.8 Å².